The summed E-state index contributed by atoms with van der Waals surface area (Å²) in [6, 6.07) is 13.9. The van der Waals surface area contributed by atoms with Crippen LogP contribution in [0.5, 0.6) is 0 Å². The molecule has 0 spiro atoms. The third-order valence-corrected chi connectivity index (χ3v) is 4.23. The number of rotatable bonds is 2. The summed E-state index contributed by atoms with van der Waals surface area (Å²) in [4.78, 5) is 4.71. The second kappa shape index (κ2) is 5.63. The van der Waals surface area contributed by atoms with Crippen molar-refractivity contribution >= 4 is 42.9 Å². The normalized spacial score (nSPS) is 10.8. The van der Waals surface area contributed by atoms with Gasteiger partial charge in [0.1, 0.15) is 5.82 Å². The number of aryl methyl sites for hydroxylation is 1. The third-order valence-electron chi connectivity index (χ3n) is 3.31. The van der Waals surface area contributed by atoms with E-state index < -0.39 is 0 Å². The van der Waals surface area contributed by atoms with Crippen LogP contribution in [-0.4, -0.2) is 9.55 Å². The van der Waals surface area contributed by atoms with Crippen LogP contribution in [-0.2, 0) is 6.54 Å². The molecule has 0 unspecified atom stereocenters. The van der Waals surface area contributed by atoms with E-state index in [1.807, 2.05) is 36.4 Å². The molecule has 0 fully saturated rings. The predicted molar refractivity (Wildman–Crippen MR) is 91.0 cm³/mol. The fourth-order valence-electron chi connectivity index (χ4n) is 2.42. The molecular formula is C16H11Br2N3. The zero-order valence-electron chi connectivity index (χ0n) is 11.3. The molecule has 0 atom stereocenters. The number of fused-ring (bicyclic) bond motifs is 1. The first-order valence-electron chi connectivity index (χ1n) is 6.49. The number of nitriles is 1. The first-order valence-corrected chi connectivity index (χ1v) is 8.08. The summed E-state index contributed by atoms with van der Waals surface area (Å²) in [6.07, 6.45) is 0. The van der Waals surface area contributed by atoms with Gasteiger partial charge in [-0.05, 0) is 43.3 Å². The van der Waals surface area contributed by atoms with Crippen LogP contribution >= 0.6 is 31.9 Å². The van der Waals surface area contributed by atoms with Crippen LogP contribution in [0.2, 0.25) is 0 Å². The van der Waals surface area contributed by atoms with Crippen LogP contribution < -0.4 is 0 Å². The number of nitrogens with zero attached hydrogens (tertiary/aromatic N) is 3. The first kappa shape index (κ1) is 14.3. The Balaban J connectivity index is 2.29. The highest BCUT2D eigenvalue weighted by Crippen LogP contribution is 2.30. The Bertz CT molecular complexity index is 855. The van der Waals surface area contributed by atoms with Gasteiger partial charge >= 0.3 is 0 Å². The molecule has 0 radical (unpaired) electrons. The van der Waals surface area contributed by atoms with E-state index in [2.05, 4.69) is 49.4 Å². The minimum absolute atomic E-state index is 0.630. The number of imidazole rings is 1. The van der Waals surface area contributed by atoms with E-state index in [1.54, 1.807) is 0 Å². The summed E-state index contributed by atoms with van der Waals surface area (Å²) in [6.45, 7) is 2.91. The fraction of sp³-hybridized carbons (Fsp3) is 0.125. The topological polar surface area (TPSA) is 41.6 Å². The van der Waals surface area contributed by atoms with E-state index in [4.69, 9.17) is 10.2 Å². The molecule has 0 aliphatic heterocycles. The monoisotopic (exact) mass is 403 g/mol. The smallest absolute Gasteiger partial charge is 0.141 e. The lowest BCUT2D eigenvalue weighted by Gasteiger charge is -2.07. The van der Waals surface area contributed by atoms with E-state index in [0.717, 1.165) is 37.9 Å². The van der Waals surface area contributed by atoms with E-state index in [1.165, 1.54) is 0 Å². The maximum atomic E-state index is 9.02. The Morgan fingerprint density at radius 2 is 1.86 bits per heavy atom. The molecule has 0 saturated carbocycles. The van der Waals surface area contributed by atoms with Gasteiger partial charge in [0.2, 0.25) is 0 Å². The lowest BCUT2D eigenvalue weighted by Crippen LogP contribution is -1.97. The molecule has 3 aromatic rings. The summed E-state index contributed by atoms with van der Waals surface area (Å²) in [5.41, 5.74) is 3.56. The molecule has 0 bridgehead atoms. The van der Waals surface area contributed by atoms with Gasteiger partial charge in [-0.3, -0.25) is 0 Å². The minimum Gasteiger partial charge on any atom is -0.324 e. The lowest BCUT2D eigenvalue weighted by atomic mass is 10.2. The van der Waals surface area contributed by atoms with E-state index >= 15 is 0 Å². The second-order valence-corrected chi connectivity index (χ2v) is 6.48. The molecule has 1 heterocycles. The number of hydrogen-bond acceptors (Lipinski definition) is 2. The molecule has 0 N–H and O–H groups in total. The Hall–Kier alpha value is -1.64. The molecule has 3 nitrogen and oxygen atoms in total. The molecule has 0 aliphatic carbocycles. The van der Waals surface area contributed by atoms with Crippen molar-refractivity contribution in [2.75, 3.05) is 0 Å². The molecule has 0 aliphatic rings. The summed E-state index contributed by atoms with van der Waals surface area (Å²) in [7, 11) is 0. The molecule has 5 heteroatoms. The highest BCUT2D eigenvalue weighted by Gasteiger charge is 2.13. The molecule has 2 aromatic carbocycles. The van der Waals surface area contributed by atoms with Crippen LogP contribution in [0.25, 0.3) is 22.4 Å². The maximum Gasteiger partial charge on any atom is 0.141 e. The highest BCUT2D eigenvalue weighted by atomic mass is 79.9. The lowest BCUT2D eigenvalue weighted by molar-refractivity contribution is 0.796. The van der Waals surface area contributed by atoms with Crippen LogP contribution in [0.4, 0.5) is 0 Å². The van der Waals surface area contributed by atoms with Crippen molar-refractivity contribution in [1.82, 2.24) is 9.55 Å². The van der Waals surface area contributed by atoms with Gasteiger partial charge in [-0.1, -0.05) is 31.9 Å². The maximum absolute atomic E-state index is 9.02. The third kappa shape index (κ3) is 2.61. The zero-order chi connectivity index (χ0) is 15.0. The highest BCUT2D eigenvalue weighted by molar-refractivity contribution is 9.11. The average Bonchev–Trinajstić information content (AvgIpc) is 2.83. The zero-order valence-corrected chi connectivity index (χ0v) is 14.4. The van der Waals surface area contributed by atoms with Crippen molar-refractivity contribution in [3.8, 4) is 17.5 Å². The SMILES string of the molecule is CCn1c(-c2cc(Br)cc(Br)c2)nc2cc(C#N)ccc21. The van der Waals surface area contributed by atoms with E-state index in [-0.39, 0.29) is 0 Å². The summed E-state index contributed by atoms with van der Waals surface area (Å²) >= 11 is 7.03. The van der Waals surface area contributed by atoms with E-state index in [9.17, 15) is 0 Å². The number of aromatic nitrogens is 2. The Morgan fingerprint density at radius 1 is 1.14 bits per heavy atom. The van der Waals surface area contributed by atoms with Crippen molar-refractivity contribution in [3.05, 3.63) is 50.9 Å². The van der Waals surface area contributed by atoms with Gasteiger partial charge in [-0.15, -0.1) is 0 Å². The summed E-state index contributed by atoms with van der Waals surface area (Å²) in [5, 5.41) is 9.02. The van der Waals surface area contributed by atoms with Gasteiger partial charge < -0.3 is 4.57 Å². The summed E-state index contributed by atoms with van der Waals surface area (Å²) < 4.78 is 4.16. The number of hydrogen-bond donors (Lipinski definition) is 0. The van der Waals surface area contributed by atoms with Crippen LogP contribution in [0.1, 0.15) is 12.5 Å². The second-order valence-electron chi connectivity index (χ2n) is 4.65. The molecule has 3 rings (SSSR count). The van der Waals surface area contributed by atoms with Crippen LogP contribution in [0.15, 0.2) is 45.3 Å². The van der Waals surface area contributed by atoms with Crippen molar-refractivity contribution in [2.45, 2.75) is 13.5 Å². The van der Waals surface area contributed by atoms with Crippen molar-refractivity contribution in [3.63, 3.8) is 0 Å². The first-order chi connectivity index (χ1) is 10.1. The molecule has 21 heavy (non-hydrogen) atoms. The average molecular weight is 405 g/mol. The van der Waals surface area contributed by atoms with Gasteiger partial charge in [0.25, 0.3) is 0 Å². The Labute approximate surface area is 139 Å². The van der Waals surface area contributed by atoms with Crippen LogP contribution in [0.3, 0.4) is 0 Å². The quantitative estimate of drug-likeness (QED) is 0.594. The Morgan fingerprint density at radius 3 is 2.48 bits per heavy atom. The van der Waals surface area contributed by atoms with Gasteiger partial charge in [-0.25, -0.2) is 4.98 Å². The molecule has 0 saturated heterocycles. The number of halogens is 2. The van der Waals surface area contributed by atoms with Gasteiger partial charge in [0.15, 0.2) is 0 Å². The Kier molecular flexibility index (Phi) is 3.83. The molecule has 1 aromatic heterocycles. The van der Waals surface area contributed by atoms with Crippen molar-refractivity contribution in [2.24, 2.45) is 0 Å². The molecule has 104 valence electrons. The van der Waals surface area contributed by atoms with Gasteiger partial charge in [-0.2, -0.15) is 5.26 Å². The van der Waals surface area contributed by atoms with Crippen molar-refractivity contribution < 1.29 is 0 Å². The van der Waals surface area contributed by atoms with Gasteiger partial charge in [0.05, 0.1) is 22.7 Å². The van der Waals surface area contributed by atoms with E-state index in [0.29, 0.717) is 5.56 Å². The largest absolute Gasteiger partial charge is 0.324 e. The summed E-state index contributed by atoms with van der Waals surface area (Å²) in [5.74, 6) is 0.907. The standard InChI is InChI=1S/C16H11Br2N3/c1-2-21-15-4-3-10(9-19)5-14(15)20-16(21)11-6-12(17)8-13(18)7-11/h3-8H,2H2,1H3. The van der Waals surface area contributed by atoms with Gasteiger partial charge in [0, 0.05) is 21.1 Å². The van der Waals surface area contributed by atoms with Crippen molar-refractivity contribution in [1.29, 1.82) is 5.26 Å². The fourth-order valence-corrected chi connectivity index (χ4v) is 3.72. The van der Waals surface area contributed by atoms with Crippen LogP contribution in [0, 0.1) is 11.3 Å². The number of benzene rings is 2. The molecular weight excluding hydrogens is 394 g/mol. The predicted octanol–water partition coefficient (Wildman–Crippen LogP) is 5.12. The minimum atomic E-state index is 0.630. The molecule has 0 amide bonds.